The van der Waals surface area contributed by atoms with Crippen LogP contribution >= 0.6 is 0 Å². The predicted octanol–water partition coefficient (Wildman–Crippen LogP) is 1.40. The molecule has 0 fully saturated rings. The molecule has 0 aliphatic carbocycles. The summed E-state index contributed by atoms with van der Waals surface area (Å²) in [5, 5.41) is 3.03. The van der Waals surface area contributed by atoms with E-state index in [1.807, 2.05) is 39.1 Å². The van der Waals surface area contributed by atoms with Crippen molar-refractivity contribution in [3.8, 4) is 0 Å². The lowest BCUT2D eigenvalue weighted by molar-refractivity contribution is 0.449. The van der Waals surface area contributed by atoms with Crippen LogP contribution in [0.5, 0.6) is 0 Å². The smallest absolute Gasteiger partial charge is 0.301 e. The van der Waals surface area contributed by atoms with Gasteiger partial charge < -0.3 is 5.32 Å². The molecule has 1 rings (SSSR count). The van der Waals surface area contributed by atoms with Gasteiger partial charge in [-0.2, -0.15) is 12.7 Å². The van der Waals surface area contributed by atoms with Gasteiger partial charge in [-0.15, -0.1) is 0 Å². The minimum Gasteiger partial charge on any atom is -0.316 e. The Labute approximate surface area is 109 Å². The molecule has 0 aliphatic heterocycles. The van der Waals surface area contributed by atoms with Gasteiger partial charge in [0.15, 0.2) is 0 Å². The van der Waals surface area contributed by atoms with Crippen LogP contribution in [0.3, 0.4) is 0 Å². The van der Waals surface area contributed by atoms with Gasteiger partial charge in [0.1, 0.15) is 0 Å². The van der Waals surface area contributed by atoms with E-state index >= 15 is 0 Å². The number of benzene rings is 1. The van der Waals surface area contributed by atoms with E-state index in [2.05, 4.69) is 10.0 Å². The molecule has 0 saturated carbocycles. The van der Waals surface area contributed by atoms with E-state index in [1.54, 1.807) is 6.07 Å². The Morgan fingerprint density at radius 3 is 2.44 bits per heavy atom. The summed E-state index contributed by atoms with van der Waals surface area (Å²) in [4.78, 5) is 0. The van der Waals surface area contributed by atoms with Crippen LogP contribution in [0.4, 0.5) is 5.69 Å². The second-order valence-electron chi connectivity index (χ2n) is 3.92. The minimum atomic E-state index is -3.44. The average Bonchev–Trinajstić information content (AvgIpc) is 2.30. The Morgan fingerprint density at radius 2 is 1.89 bits per heavy atom. The molecule has 5 nitrogen and oxygen atoms in total. The maximum atomic E-state index is 12.0. The Hall–Kier alpha value is -1.11. The fourth-order valence-electron chi connectivity index (χ4n) is 1.73. The van der Waals surface area contributed by atoms with Gasteiger partial charge in [-0.05, 0) is 24.7 Å². The monoisotopic (exact) mass is 271 g/mol. The zero-order chi connectivity index (χ0) is 13.6. The number of rotatable bonds is 7. The molecule has 102 valence electrons. The molecule has 1 aromatic carbocycles. The van der Waals surface area contributed by atoms with E-state index in [9.17, 15) is 8.42 Å². The van der Waals surface area contributed by atoms with Crippen molar-refractivity contribution < 1.29 is 8.42 Å². The topological polar surface area (TPSA) is 61.4 Å². The molecular formula is C12H21N3O2S. The number of nitrogens with one attached hydrogen (secondary N) is 2. The molecule has 1 aromatic rings. The maximum Gasteiger partial charge on any atom is 0.301 e. The second-order valence-corrected chi connectivity index (χ2v) is 5.59. The van der Waals surface area contributed by atoms with Crippen molar-refractivity contribution in [3.05, 3.63) is 29.8 Å². The molecule has 0 aromatic heterocycles. The van der Waals surface area contributed by atoms with Crippen molar-refractivity contribution in [1.82, 2.24) is 9.62 Å². The zero-order valence-electron chi connectivity index (χ0n) is 11.1. The van der Waals surface area contributed by atoms with Gasteiger partial charge >= 0.3 is 10.2 Å². The molecule has 0 spiro atoms. The molecule has 0 aliphatic rings. The van der Waals surface area contributed by atoms with Gasteiger partial charge in [0.05, 0.1) is 5.69 Å². The second kappa shape index (κ2) is 6.72. The molecule has 18 heavy (non-hydrogen) atoms. The summed E-state index contributed by atoms with van der Waals surface area (Å²) < 4.78 is 28.0. The van der Waals surface area contributed by atoms with E-state index < -0.39 is 10.2 Å². The summed E-state index contributed by atoms with van der Waals surface area (Å²) in [6, 6.07) is 7.37. The quantitative estimate of drug-likeness (QED) is 0.788. The summed E-state index contributed by atoms with van der Waals surface area (Å²) >= 11 is 0. The number of anilines is 1. The lowest BCUT2D eigenvalue weighted by Gasteiger charge is -2.19. The Kier molecular flexibility index (Phi) is 5.58. The first-order chi connectivity index (χ1) is 8.53. The van der Waals surface area contributed by atoms with Crippen molar-refractivity contribution in [3.63, 3.8) is 0 Å². The molecule has 0 bridgehead atoms. The summed E-state index contributed by atoms with van der Waals surface area (Å²) in [6.45, 7) is 5.27. The SMILES string of the molecule is CCN(CC)S(=O)(=O)Nc1cccc(CNC)c1. The summed E-state index contributed by atoms with van der Waals surface area (Å²) in [7, 11) is -1.59. The summed E-state index contributed by atoms with van der Waals surface area (Å²) in [5.41, 5.74) is 1.63. The number of hydrogen-bond acceptors (Lipinski definition) is 3. The van der Waals surface area contributed by atoms with Crippen molar-refractivity contribution >= 4 is 15.9 Å². The zero-order valence-corrected chi connectivity index (χ0v) is 11.9. The van der Waals surface area contributed by atoms with Crippen LogP contribution < -0.4 is 10.0 Å². The van der Waals surface area contributed by atoms with E-state index in [0.717, 1.165) is 5.56 Å². The molecule has 0 atom stereocenters. The van der Waals surface area contributed by atoms with Crippen LogP contribution in [0.15, 0.2) is 24.3 Å². The molecule has 0 saturated heterocycles. The van der Waals surface area contributed by atoms with Crippen molar-refractivity contribution in [2.45, 2.75) is 20.4 Å². The van der Waals surface area contributed by atoms with Crippen LogP contribution in [0.25, 0.3) is 0 Å². The Morgan fingerprint density at radius 1 is 1.22 bits per heavy atom. The van der Waals surface area contributed by atoms with E-state index in [0.29, 0.717) is 25.3 Å². The molecular weight excluding hydrogens is 250 g/mol. The minimum absolute atomic E-state index is 0.460. The standard InChI is InChI=1S/C12H21N3O2S/c1-4-15(5-2)18(16,17)14-12-8-6-7-11(9-12)10-13-3/h6-9,13-14H,4-5,10H2,1-3H3. The molecule has 0 heterocycles. The predicted molar refractivity (Wildman–Crippen MR) is 74.7 cm³/mol. The highest BCUT2D eigenvalue weighted by Crippen LogP contribution is 2.14. The summed E-state index contributed by atoms with van der Waals surface area (Å²) in [6.07, 6.45) is 0. The van der Waals surface area contributed by atoms with Gasteiger partial charge in [-0.1, -0.05) is 26.0 Å². The Balaban J connectivity index is 2.86. The van der Waals surface area contributed by atoms with Crippen molar-refractivity contribution in [2.24, 2.45) is 0 Å². The molecule has 2 N–H and O–H groups in total. The van der Waals surface area contributed by atoms with Crippen molar-refractivity contribution in [1.29, 1.82) is 0 Å². The third-order valence-electron chi connectivity index (χ3n) is 2.60. The van der Waals surface area contributed by atoms with Crippen LogP contribution in [-0.4, -0.2) is 32.9 Å². The van der Waals surface area contributed by atoms with E-state index in [1.165, 1.54) is 4.31 Å². The van der Waals surface area contributed by atoms with E-state index in [-0.39, 0.29) is 0 Å². The normalized spacial score (nSPS) is 11.8. The van der Waals surface area contributed by atoms with Gasteiger partial charge in [-0.25, -0.2) is 0 Å². The Bertz CT molecular complexity index is 470. The highest BCUT2D eigenvalue weighted by molar-refractivity contribution is 7.90. The number of nitrogens with zero attached hydrogens (tertiary/aromatic N) is 1. The fraction of sp³-hybridized carbons (Fsp3) is 0.500. The molecule has 0 amide bonds. The maximum absolute atomic E-state index is 12.0. The molecule has 0 unspecified atom stereocenters. The lowest BCUT2D eigenvalue weighted by Crippen LogP contribution is -2.35. The van der Waals surface area contributed by atoms with Crippen LogP contribution in [0.1, 0.15) is 19.4 Å². The first-order valence-electron chi connectivity index (χ1n) is 6.05. The van der Waals surface area contributed by atoms with E-state index in [4.69, 9.17) is 0 Å². The molecule has 6 heteroatoms. The van der Waals surface area contributed by atoms with Gasteiger partial charge in [-0.3, -0.25) is 4.72 Å². The third kappa shape index (κ3) is 3.97. The van der Waals surface area contributed by atoms with Crippen LogP contribution in [-0.2, 0) is 16.8 Å². The van der Waals surface area contributed by atoms with Gasteiger partial charge in [0.25, 0.3) is 0 Å². The van der Waals surface area contributed by atoms with Gasteiger partial charge in [0.2, 0.25) is 0 Å². The number of hydrogen-bond donors (Lipinski definition) is 2. The largest absolute Gasteiger partial charge is 0.316 e. The van der Waals surface area contributed by atoms with Crippen molar-refractivity contribution in [2.75, 3.05) is 24.9 Å². The highest BCUT2D eigenvalue weighted by Gasteiger charge is 2.18. The summed E-state index contributed by atoms with van der Waals surface area (Å²) in [5.74, 6) is 0. The molecule has 0 radical (unpaired) electrons. The average molecular weight is 271 g/mol. The van der Waals surface area contributed by atoms with Crippen LogP contribution in [0, 0.1) is 0 Å². The fourth-order valence-corrected chi connectivity index (χ4v) is 2.96. The van der Waals surface area contributed by atoms with Gasteiger partial charge in [0, 0.05) is 19.6 Å². The highest BCUT2D eigenvalue weighted by atomic mass is 32.2. The first-order valence-corrected chi connectivity index (χ1v) is 7.49. The third-order valence-corrected chi connectivity index (χ3v) is 4.29. The lowest BCUT2D eigenvalue weighted by atomic mass is 10.2. The van der Waals surface area contributed by atoms with Crippen LogP contribution in [0.2, 0.25) is 0 Å². The first kappa shape index (κ1) is 14.9.